The third-order valence-corrected chi connectivity index (χ3v) is 4.97. The van der Waals surface area contributed by atoms with E-state index >= 15 is 0 Å². The van der Waals surface area contributed by atoms with Gasteiger partial charge in [-0.1, -0.05) is 29.8 Å². The van der Waals surface area contributed by atoms with Crippen LogP contribution in [0.1, 0.15) is 37.0 Å². The number of carboxylic acid groups (broad SMARTS) is 1. The largest absolute Gasteiger partial charge is 0.481 e. The van der Waals surface area contributed by atoms with E-state index in [9.17, 15) is 14.7 Å². The van der Waals surface area contributed by atoms with Gasteiger partial charge >= 0.3 is 5.97 Å². The Morgan fingerprint density at radius 2 is 1.58 bits per heavy atom. The fourth-order valence-electron chi connectivity index (χ4n) is 3.34. The van der Waals surface area contributed by atoms with Crippen molar-refractivity contribution >= 4 is 29.2 Å². The zero-order valence-corrected chi connectivity index (χ0v) is 19.1. The molecule has 0 fully saturated rings. The average Bonchev–Trinajstić information content (AvgIpc) is 2.80. The third kappa shape index (κ3) is 6.06. The Morgan fingerprint density at radius 1 is 0.970 bits per heavy atom. The second kappa shape index (κ2) is 10.1. The Bertz CT molecular complexity index is 1240. The van der Waals surface area contributed by atoms with Crippen molar-refractivity contribution in [1.82, 2.24) is 9.97 Å². The Hall–Kier alpha value is -3.94. The summed E-state index contributed by atoms with van der Waals surface area (Å²) in [5.41, 5.74) is 3.31. The number of rotatable bonds is 8. The number of hydrogen-bond acceptors (Lipinski definition) is 6. The van der Waals surface area contributed by atoms with Gasteiger partial charge in [-0.25, -0.2) is 9.97 Å². The molecule has 0 saturated heterocycles. The van der Waals surface area contributed by atoms with Gasteiger partial charge in [0.1, 0.15) is 17.5 Å². The monoisotopic (exact) mass is 450 g/mol. The summed E-state index contributed by atoms with van der Waals surface area (Å²) in [6, 6.07) is 14.5. The van der Waals surface area contributed by atoms with E-state index in [1.54, 1.807) is 43.3 Å². The molecule has 0 aliphatic heterocycles. The minimum absolute atomic E-state index is 0.0491. The molecule has 3 aromatic rings. The van der Waals surface area contributed by atoms with Crippen LogP contribution in [0.3, 0.4) is 0 Å². The van der Waals surface area contributed by atoms with Crippen molar-refractivity contribution in [3.05, 3.63) is 76.6 Å². The Morgan fingerprint density at radius 3 is 2.12 bits per heavy atom. The molecule has 1 aromatic heterocycles. The number of carbonyl (C=O) groups is 2. The minimum Gasteiger partial charge on any atom is -0.481 e. The molecule has 0 radical (unpaired) electrons. The van der Waals surface area contributed by atoms with Crippen molar-refractivity contribution in [2.45, 2.75) is 19.8 Å². The second-order valence-corrected chi connectivity index (χ2v) is 7.98. The molecule has 0 unspecified atom stereocenters. The van der Waals surface area contributed by atoms with Crippen LogP contribution in [-0.2, 0) is 17.6 Å². The maximum absolute atomic E-state index is 12.5. The number of aromatic nitrogens is 2. The molecule has 33 heavy (non-hydrogen) atoms. The van der Waals surface area contributed by atoms with Crippen LogP contribution in [0, 0.1) is 6.92 Å². The lowest BCUT2D eigenvalue weighted by Crippen LogP contribution is -2.22. The van der Waals surface area contributed by atoms with Crippen LogP contribution in [-0.4, -0.2) is 55.1 Å². The summed E-state index contributed by atoms with van der Waals surface area (Å²) < 4.78 is 23.3. The standard InChI is InChI=1S/C25H29N5O3/c1-16-6-10-18(11-7-16)25(33)26-19-12-8-17(9-13-19)14-21-27-23(29(2)3)20(15-22(31)32)24(28-21)30(4)5/h6-13H,14-15H2,1-5H3,(H,26,33)(H,31,32)/i2D3. The van der Waals surface area contributed by atoms with E-state index in [-0.39, 0.29) is 23.7 Å². The van der Waals surface area contributed by atoms with Crippen LogP contribution in [0.4, 0.5) is 17.3 Å². The molecule has 1 heterocycles. The summed E-state index contributed by atoms with van der Waals surface area (Å²) in [7, 11) is 4.78. The SMILES string of the molecule is [2H]C([2H])([2H])N(C)c1nc(Cc2ccc(NC(=O)c3ccc(C)cc3)cc2)nc(N(C)C)c1CC(=O)O. The highest BCUT2D eigenvalue weighted by Crippen LogP contribution is 2.27. The van der Waals surface area contributed by atoms with Crippen LogP contribution in [0.15, 0.2) is 48.5 Å². The van der Waals surface area contributed by atoms with Gasteiger partial charge in [-0.15, -0.1) is 0 Å². The van der Waals surface area contributed by atoms with Gasteiger partial charge in [0.2, 0.25) is 0 Å². The van der Waals surface area contributed by atoms with Crippen LogP contribution < -0.4 is 15.1 Å². The van der Waals surface area contributed by atoms with Gasteiger partial charge in [-0.3, -0.25) is 9.59 Å². The molecule has 2 aromatic carbocycles. The topological polar surface area (TPSA) is 98.7 Å². The molecule has 0 bridgehead atoms. The summed E-state index contributed by atoms with van der Waals surface area (Å²) in [5.74, 6) is -0.593. The number of nitrogens with one attached hydrogen (secondary N) is 1. The van der Waals surface area contributed by atoms with Crippen molar-refractivity contribution in [2.75, 3.05) is 43.2 Å². The molecule has 0 spiro atoms. The number of carbonyl (C=O) groups excluding carboxylic acids is 1. The van der Waals surface area contributed by atoms with Gasteiger partial charge in [-0.2, -0.15) is 0 Å². The summed E-state index contributed by atoms with van der Waals surface area (Å²) in [6.45, 7) is -0.560. The van der Waals surface area contributed by atoms with E-state index in [1.807, 2.05) is 31.2 Å². The van der Waals surface area contributed by atoms with Crippen LogP contribution in [0.25, 0.3) is 0 Å². The number of benzene rings is 2. The van der Waals surface area contributed by atoms with Gasteiger partial charge in [-0.05, 0) is 36.8 Å². The fourth-order valence-corrected chi connectivity index (χ4v) is 3.34. The maximum atomic E-state index is 12.5. The first-order valence-electron chi connectivity index (χ1n) is 11.8. The van der Waals surface area contributed by atoms with Gasteiger partial charge < -0.3 is 20.2 Å². The first kappa shape index (κ1) is 19.7. The molecule has 0 atom stereocenters. The van der Waals surface area contributed by atoms with Crippen LogP contribution in [0.2, 0.25) is 0 Å². The second-order valence-electron chi connectivity index (χ2n) is 7.98. The summed E-state index contributed by atoms with van der Waals surface area (Å²) in [6.07, 6.45) is -0.138. The molecule has 0 aliphatic carbocycles. The molecule has 1 amide bonds. The lowest BCUT2D eigenvalue weighted by Gasteiger charge is -2.22. The zero-order valence-electron chi connectivity index (χ0n) is 22.1. The van der Waals surface area contributed by atoms with E-state index < -0.39 is 19.4 Å². The van der Waals surface area contributed by atoms with E-state index in [2.05, 4.69) is 15.3 Å². The zero-order chi connectivity index (χ0) is 26.6. The smallest absolute Gasteiger partial charge is 0.308 e. The number of hydrogen-bond donors (Lipinski definition) is 2. The molecule has 0 aliphatic rings. The lowest BCUT2D eigenvalue weighted by molar-refractivity contribution is -0.136. The lowest BCUT2D eigenvalue weighted by atomic mass is 10.1. The van der Waals surface area contributed by atoms with E-state index in [0.29, 0.717) is 22.9 Å². The van der Waals surface area contributed by atoms with E-state index in [4.69, 9.17) is 4.11 Å². The maximum Gasteiger partial charge on any atom is 0.308 e. The Labute approximate surface area is 198 Å². The Kier molecular flexibility index (Phi) is 6.05. The predicted molar refractivity (Wildman–Crippen MR) is 130 cm³/mol. The molecule has 0 saturated carbocycles. The van der Waals surface area contributed by atoms with Crippen molar-refractivity contribution in [1.29, 1.82) is 0 Å². The third-order valence-electron chi connectivity index (χ3n) is 4.97. The van der Waals surface area contributed by atoms with Crippen molar-refractivity contribution < 1.29 is 18.8 Å². The number of aryl methyl sites for hydroxylation is 1. The molecule has 2 N–H and O–H groups in total. The summed E-state index contributed by atoms with van der Waals surface area (Å²) in [5, 5.41) is 12.3. The Balaban J connectivity index is 1.88. The number of nitrogens with zero attached hydrogens (tertiary/aromatic N) is 4. The van der Waals surface area contributed by atoms with Gasteiger partial charge in [0.05, 0.1) is 6.42 Å². The van der Waals surface area contributed by atoms with Crippen molar-refractivity contribution in [2.24, 2.45) is 0 Å². The molecule has 8 nitrogen and oxygen atoms in total. The van der Waals surface area contributed by atoms with E-state index in [1.165, 1.54) is 7.05 Å². The number of amides is 1. The predicted octanol–water partition coefficient (Wildman–Crippen LogP) is 3.39. The molecule has 8 heteroatoms. The highest BCUT2D eigenvalue weighted by atomic mass is 16.4. The number of aliphatic carboxylic acids is 1. The molecular weight excluding hydrogens is 418 g/mol. The summed E-state index contributed by atoms with van der Waals surface area (Å²) >= 11 is 0. The first-order chi connectivity index (χ1) is 16.8. The van der Waals surface area contributed by atoms with E-state index in [0.717, 1.165) is 16.0 Å². The number of anilines is 3. The average molecular weight is 451 g/mol. The molecular formula is C25H29N5O3. The fraction of sp³-hybridized carbons (Fsp3) is 0.280. The normalized spacial score (nSPS) is 12.3. The van der Waals surface area contributed by atoms with Crippen molar-refractivity contribution in [3.63, 3.8) is 0 Å². The van der Waals surface area contributed by atoms with Gasteiger partial charge in [0.25, 0.3) is 5.91 Å². The number of carboxylic acids is 1. The summed E-state index contributed by atoms with van der Waals surface area (Å²) in [4.78, 5) is 35.6. The van der Waals surface area contributed by atoms with Gasteiger partial charge in [0.15, 0.2) is 0 Å². The van der Waals surface area contributed by atoms with Gasteiger partial charge in [0, 0.05) is 55.5 Å². The first-order valence-corrected chi connectivity index (χ1v) is 10.3. The molecule has 172 valence electrons. The van der Waals surface area contributed by atoms with Crippen LogP contribution >= 0.6 is 0 Å². The highest BCUT2D eigenvalue weighted by molar-refractivity contribution is 6.04. The van der Waals surface area contributed by atoms with Crippen LogP contribution in [0.5, 0.6) is 0 Å². The quantitative estimate of drug-likeness (QED) is 0.543. The molecule has 3 rings (SSSR count). The minimum atomic E-state index is -2.51. The highest BCUT2D eigenvalue weighted by Gasteiger charge is 2.20. The van der Waals surface area contributed by atoms with Crippen molar-refractivity contribution in [3.8, 4) is 0 Å².